The molecule has 3 aromatic rings. The van der Waals surface area contributed by atoms with E-state index in [1.807, 2.05) is 37.3 Å². The number of carbonyl (C=O) groups excluding carboxylic acids is 2. The van der Waals surface area contributed by atoms with Crippen LogP contribution in [0.2, 0.25) is 0 Å². The van der Waals surface area contributed by atoms with Crippen molar-refractivity contribution in [2.45, 2.75) is 32.4 Å². The van der Waals surface area contributed by atoms with Gasteiger partial charge in [-0.15, -0.1) is 0 Å². The lowest BCUT2D eigenvalue weighted by atomic mass is 10.1. The summed E-state index contributed by atoms with van der Waals surface area (Å²) in [6.07, 6.45) is 1.13. The van der Waals surface area contributed by atoms with Crippen LogP contribution in [0.3, 0.4) is 0 Å². The summed E-state index contributed by atoms with van der Waals surface area (Å²) in [5, 5.41) is 5.62. The Hall–Kier alpha value is -3.72. The zero-order chi connectivity index (χ0) is 25.6. The topological polar surface area (TPSA) is 95.6 Å². The summed E-state index contributed by atoms with van der Waals surface area (Å²) in [5.41, 5.74) is 1.59. The van der Waals surface area contributed by atoms with E-state index in [4.69, 9.17) is 0 Å². The standard InChI is InChI=1S/C26H28FN3O4S/c1-4-24(30(35(3,33)34)21-16-14-20(27)15-17-21)26(32)29-23-13-9-8-12-22(23)25(31)28-18(2)19-10-6-5-7-11-19/h5-18,24H,4H2,1-3H3,(H,28,31)(H,29,32)/t18-,24-/m1/s1. The van der Waals surface area contributed by atoms with E-state index in [1.54, 1.807) is 31.2 Å². The maximum absolute atomic E-state index is 13.4. The highest BCUT2D eigenvalue weighted by atomic mass is 32.2. The van der Waals surface area contributed by atoms with Gasteiger partial charge in [-0.05, 0) is 55.3 Å². The van der Waals surface area contributed by atoms with Crippen LogP contribution in [0.1, 0.15) is 42.2 Å². The number of hydrogen-bond donors (Lipinski definition) is 2. The quantitative estimate of drug-likeness (QED) is 0.455. The number of nitrogens with zero attached hydrogens (tertiary/aromatic N) is 1. The Morgan fingerprint density at radius 1 is 0.943 bits per heavy atom. The fourth-order valence-corrected chi connectivity index (χ4v) is 4.97. The first-order valence-corrected chi connectivity index (χ1v) is 13.0. The maximum atomic E-state index is 13.4. The van der Waals surface area contributed by atoms with Crippen molar-refractivity contribution in [1.82, 2.24) is 5.32 Å². The van der Waals surface area contributed by atoms with Gasteiger partial charge in [-0.2, -0.15) is 0 Å². The Bertz CT molecular complexity index is 1280. The van der Waals surface area contributed by atoms with Gasteiger partial charge in [0.1, 0.15) is 11.9 Å². The summed E-state index contributed by atoms with van der Waals surface area (Å²) < 4.78 is 39.6. The SMILES string of the molecule is CC[C@H](C(=O)Nc1ccccc1C(=O)N[C@H](C)c1ccccc1)N(c1ccc(F)cc1)S(C)(=O)=O. The number of halogens is 1. The lowest BCUT2D eigenvalue weighted by Gasteiger charge is -2.30. The van der Waals surface area contributed by atoms with E-state index in [1.165, 1.54) is 12.1 Å². The van der Waals surface area contributed by atoms with Crippen molar-refractivity contribution < 1.29 is 22.4 Å². The average molecular weight is 498 g/mol. The summed E-state index contributed by atoms with van der Waals surface area (Å²) in [7, 11) is -3.88. The fourth-order valence-electron chi connectivity index (χ4n) is 3.75. The third kappa shape index (κ3) is 6.45. The Morgan fingerprint density at radius 2 is 1.54 bits per heavy atom. The third-order valence-electron chi connectivity index (χ3n) is 5.49. The molecule has 9 heteroatoms. The van der Waals surface area contributed by atoms with Crippen molar-refractivity contribution in [2.24, 2.45) is 0 Å². The monoisotopic (exact) mass is 497 g/mol. The van der Waals surface area contributed by atoms with Crippen molar-refractivity contribution in [3.05, 3.63) is 95.8 Å². The molecule has 0 saturated carbocycles. The molecule has 0 aliphatic rings. The summed E-state index contributed by atoms with van der Waals surface area (Å²) in [5.74, 6) is -1.52. The second-order valence-corrected chi connectivity index (χ2v) is 9.96. The zero-order valence-electron chi connectivity index (χ0n) is 19.7. The first kappa shape index (κ1) is 25.9. The van der Waals surface area contributed by atoms with Gasteiger partial charge < -0.3 is 10.6 Å². The second-order valence-electron chi connectivity index (χ2n) is 8.10. The Labute approximate surface area is 205 Å². The fraction of sp³-hybridized carbons (Fsp3) is 0.231. The first-order valence-electron chi connectivity index (χ1n) is 11.1. The lowest BCUT2D eigenvalue weighted by molar-refractivity contribution is -0.117. The summed E-state index contributed by atoms with van der Waals surface area (Å²) in [6, 6.07) is 19.4. The highest BCUT2D eigenvalue weighted by molar-refractivity contribution is 7.92. The van der Waals surface area contributed by atoms with E-state index in [2.05, 4.69) is 10.6 Å². The zero-order valence-corrected chi connectivity index (χ0v) is 20.6. The number of carbonyl (C=O) groups is 2. The molecule has 0 aromatic heterocycles. The normalized spacial score (nSPS) is 12.9. The highest BCUT2D eigenvalue weighted by Gasteiger charge is 2.32. The van der Waals surface area contributed by atoms with Crippen molar-refractivity contribution in [2.75, 3.05) is 15.9 Å². The minimum atomic E-state index is -3.88. The van der Waals surface area contributed by atoms with Crippen molar-refractivity contribution in [3.8, 4) is 0 Å². The summed E-state index contributed by atoms with van der Waals surface area (Å²) in [6.45, 7) is 3.53. The molecule has 0 heterocycles. The molecule has 3 rings (SSSR count). The molecule has 7 nitrogen and oxygen atoms in total. The number of anilines is 2. The average Bonchev–Trinajstić information content (AvgIpc) is 2.83. The van der Waals surface area contributed by atoms with Crippen LogP contribution in [0.25, 0.3) is 0 Å². The van der Waals surface area contributed by atoms with Crippen LogP contribution in [0.15, 0.2) is 78.9 Å². The molecule has 0 aliphatic carbocycles. The molecule has 2 atom stereocenters. The molecule has 184 valence electrons. The number of nitrogens with one attached hydrogen (secondary N) is 2. The Balaban J connectivity index is 1.85. The van der Waals surface area contributed by atoms with Crippen molar-refractivity contribution in [3.63, 3.8) is 0 Å². The van der Waals surface area contributed by atoms with Crippen LogP contribution in [0.4, 0.5) is 15.8 Å². The number of hydrogen-bond acceptors (Lipinski definition) is 4. The molecule has 0 fully saturated rings. The first-order chi connectivity index (χ1) is 16.6. The molecule has 3 aromatic carbocycles. The predicted octanol–water partition coefficient (Wildman–Crippen LogP) is 4.50. The number of rotatable bonds is 9. The minimum Gasteiger partial charge on any atom is -0.345 e. The Kier molecular flexibility index (Phi) is 8.24. The summed E-state index contributed by atoms with van der Waals surface area (Å²) in [4.78, 5) is 26.3. The second kappa shape index (κ2) is 11.1. The molecule has 0 radical (unpaired) electrons. The maximum Gasteiger partial charge on any atom is 0.253 e. The molecular weight excluding hydrogens is 469 g/mol. The van der Waals surface area contributed by atoms with E-state index in [9.17, 15) is 22.4 Å². The molecule has 0 spiro atoms. The molecule has 2 N–H and O–H groups in total. The van der Waals surface area contributed by atoms with Crippen molar-refractivity contribution >= 4 is 33.2 Å². The van der Waals surface area contributed by atoms with Crippen molar-refractivity contribution in [1.29, 1.82) is 0 Å². The molecular formula is C26H28FN3O4S. The molecule has 0 unspecified atom stereocenters. The van der Waals surface area contributed by atoms with Crippen LogP contribution in [0, 0.1) is 5.82 Å². The molecule has 0 saturated heterocycles. The molecule has 0 bridgehead atoms. The number of amides is 2. The van der Waals surface area contributed by atoms with Gasteiger partial charge in [0.25, 0.3) is 5.91 Å². The van der Waals surface area contributed by atoms with Gasteiger partial charge in [-0.3, -0.25) is 13.9 Å². The van der Waals surface area contributed by atoms with Gasteiger partial charge in [0.05, 0.1) is 29.2 Å². The van der Waals surface area contributed by atoms with Crippen LogP contribution >= 0.6 is 0 Å². The van der Waals surface area contributed by atoms with Gasteiger partial charge in [-0.25, -0.2) is 12.8 Å². The highest BCUT2D eigenvalue weighted by Crippen LogP contribution is 2.25. The van der Waals surface area contributed by atoms with Crippen LogP contribution in [-0.2, 0) is 14.8 Å². The van der Waals surface area contributed by atoms with E-state index >= 15 is 0 Å². The number of para-hydroxylation sites is 1. The van der Waals surface area contributed by atoms with E-state index in [0.717, 1.165) is 28.3 Å². The molecule has 35 heavy (non-hydrogen) atoms. The number of sulfonamides is 1. The number of benzene rings is 3. The van der Waals surface area contributed by atoms with Gasteiger partial charge >= 0.3 is 0 Å². The van der Waals surface area contributed by atoms with Crippen LogP contribution in [0.5, 0.6) is 0 Å². The molecule has 2 amide bonds. The van der Waals surface area contributed by atoms with Crippen LogP contribution < -0.4 is 14.9 Å². The largest absolute Gasteiger partial charge is 0.345 e. The van der Waals surface area contributed by atoms with E-state index in [0.29, 0.717) is 0 Å². The van der Waals surface area contributed by atoms with Gasteiger partial charge in [0.2, 0.25) is 15.9 Å². The van der Waals surface area contributed by atoms with Crippen LogP contribution in [-0.4, -0.2) is 32.5 Å². The Morgan fingerprint density at radius 3 is 2.14 bits per heavy atom. The van der Waals surface area contributed by atoms with Gasteiger partial charge in [0.15, 0.2) is 0 Å². The van der Waals surface area contributed by atoms with E-state index < -0.39 is 27.8 Å². The smallest absolute Gasteiger partial charge is 0.253 e. The molecule has 0 aliphatic heterocycles. The minimum absolute atomic E-state index is 0.148. The van der Waals surface area contributed by atoms with Gasteiger partial charge in [0, 0.05) is 0 Å². The third-order valence-corrected chi connectivity index (χ3v) is 6.67. The lowest BCUT2D eigenvalue weighted by Crippen LogP contribution is -2.47. The summed E-state index contributed by atoms with van der Waals surface area (Å²) >= 11 is 0. The van der Waals surface area contributed by atoms with E-state index in [-0.39, 0.29) is 35.3 Å². The predicted molar refractivity (Wildman–Crippen MR) is 135 cm³/mol. The van der Waals surface area contributed by atoms with Gasteiger partial charge in [-0.1, -0.05) is 49.4 Å².